The number of aliphatic hydroxyl groups excluding tert-OH is 1. The number of aliphatic carboxylic acids is 1. The second kappa shape index (κ2) is 11.4. The lowest BCUT2D eigenvalue weighted by Crippen LogP contribution is -2.08. The molecule has 0 aliphatic heterocycles. The van der Waals surface area contributed by atoms with Gasteiger partial charge in [0.25, 0.3) is 5.97 Å². The van der Waals surface area contributed by atoms with Crippen molar-refractivity contribution < 1.29 is 24.5 Å². The molecule has 2 aromatic heterocycles. The maximum Gasteiger partial charge on any atom is 0.362 e. The molecule has 0 aliphatic rings. The third-order valence-electron chi connectivity index (χ3n) is 4.24. The first kappa shape index (κ1) is 25.5. The minimum Gasteiger partial charge on any atom is -0.503 e. The zero-order chi connectivity index (χ0) is 25.5. The summed E-state index contributed by atoms with van der Waals surface area (Å²) in [5.74, 6) is -2.18. The second-order valence-electron chi connectivity index (χ2n) is 6.80. The number of aromatic nitrogens is 2. The van der Waals surface area contributed by atoms with Gasteiger partial charge < -0.3 is 14.9 Å². The summed E-state index contributed by atoms with van der Waals surface area (Å²) in [7, 11) is 0. The van der Waals surface area contributed by atoms with Gasteiger partial charge in [0.15, 0.2) is 16.2 Å². The van der Waals surface area contributed by atoms with E-state index in [1.807, 2.05) is 0 Å². The van der Waals surface area contributed by atoms with Crippen LogP contribution in [0.15, 0.2) is 75.3 Å². The molecule has 0 fully saturated rings. The highest BCUT2D eigenvalue weighted by atomic mass is 35.5. The number of hydrogen-bond acceptors (Lipinski definition) is 9. The summed E-state index contributed by atoms with van der Waals surface area (Å²) in [4.78, 5) is 34.3. The van der Waals surface area contributed by atoms with Gasteiger partial charge in [-0.1, -0.05) is 35.1 Å². The maximum absolute atomic E-state index is 12.4. The van der Waals surface area contributed by atoms with Crippen molar-refractivity contribution in [1.82, 2.24) is 9.61 Å². The van der Waals surface area contributed by atoms with E-state index in [0.29, 0.717) is 26.4 Å². The van der Waals surface area contributed by atoms with Gasteiger partial charge in [0, 0.05) is 23.4 Å². The standard InChI is InChI=1S/C21H15ClN4O4S.C2H4O2/c1-2-30-21(29)18(24-23-13-9-7-12(22)8-10-13)19(28)20-25-26-15-6-4-3-5-14(15)16(27)11-17(26)31-20;1-2(3)4/h3-11,28H,2H2,1H3;1H3,(H,3,4)/b19-18+,24-23?;. The first-order valence-electron chi connectivity index (χ1n) is 10.1. The van der Waals surface area contributed by atoms with Crippen LogP contribution in [-0.2, 0) is 14.3 Å². The van der Waals surface area contributed by atoms with Crippen molar-refractivity contribution in [3.63, 3.8) is 0 Å². The highest BCUT2D eigenvalue weighted by Gasteiger charge is 2.22. The average Bonchev–Trinajstić information content (AvgIpc) is 3.24. The lowest BCUT2D eigenvalue weighted by Gasteiger charge is -2.03. The van der Waals surface area contributed by atoms with Gasteiger partial charge in [0.2, 0.25) is 5.70 Å². The molecule has 4 rings (SSSR count). The number of pyridine rings is 1. The van der Waals surface area contributed by atoms with Gasteiger partial charge in [-0.3, -0.25) is 9.59 Å². The van der Waals surface area contributed by atoms with Crippen LogP contribution in [0.3, 0.4) is 0 Å². The fraction of sp³-hybridized carbons (Fsp3) is 0.130. The summed E-state index contributed by atoms with van der Waals surface area (Å²) in [6, 6.07) is 14.9. The number of carbonyl (C=O) groups excluding carboxylic acids is 1. The van der Waals surface area contributed by atoms with E-state index >= 15 is 0 Å². The molecule has 0 atom stereocenters. The summed E-state index contributed by atoms with van der Waals surface area (Å²) in [6.45, 7) is 2.81. The molecule has 0 saturated carbocycles. The monoisotopic (exact) mass is 514 g/mol. The number of carbonyl (C=O) groups is 2. The number of benzene rings is 2. The first-order valence-corrected chi connectivity index (χ1v) is 11.3. The van der Waals surface area contributed by atoms with Crippen molar-refractivity contribution in [2.45, 2.75) is 13.8 Å². The third kappa shape index (κ3) is 6.28. The van der Waals surface area contributed by atoms with Crippen LogP contribution in [0.1, 0.15) is 18.9 Å². The maximum atomic E-state index is 12.4. The minimum absolute atomic E-state index is 0.0881. The number of carboxylic acids is 1. The molecule has 2 N–H and O–H groups in total. The molecular weight excluding hydrogens is 496 g/mol. The van der Waals surface area contributed by atoms with Crippen molar-refractivity contribution in [3.8, 4) is 0 Å². The summed E-state index contributed by atoms with van der Waals surface area (Å²) in [5, 5.41) is 31.6. The molecule has 2 heterocycles. The van der Waals surface area contributed by atoms with Crippen LogP contribution in [0.2, 0.25) is 5.02 Å². The Morgan fingerprint density at radius 2 is 1.80 bits per heavy atom. The molecule has 0 spiro atoms. The summed E-state index contributed by atoms with van der Waals surface area (Å²) < 4.78 is 6.54. The lowest BCUT2D eigenvalue weighted by molar-refractivity contribution is -0.138. The number of para-hydroxylation sites is 1. The molecule has 0 amide bonds. The highest BCUT2D eigenvalue weighted by Crippen LogP contribution is 2.27. The van der Waals surface area contributed by atoms with E-state index < -0.39 is 23.4 Å². The number of esters is 1. The fourth-order valence-corrected chi connectivity index (χ4v) is 3.85. The Morgan fingerprint density at radius 1 is 1.14 bits per heavy atom. The number of carboxylic acid groups (broad SMARTS) is 1. The van der Waals surface area contributed by atoms with E-state index in [9.17, 15) is 14.7 Å². The molecule has 10 nitrogen and oxygen atoms in total. The Labute approximate surface area is 207 Å². The van der Waals surface area contributed by atoms with Crippen LogP contribution in [0.5, 0.6) is 0 Å². The normalized spacial score (nSPS) is 11.7. The molecule has 0 aliphatic carbocycles. The van der Waals surface area contributed by atoms with Crippen molar-refractivity contribution in [3.05, 3.63) is 80.5 Å². The molecule has 0 radical (unpaired) electrons. The van der Waals surface area contributed by atoms with Gasteiger partial charge in [-0.15, -0.1) is 5.11 Å². The fourth-order valence-electron chi connectivity index (χ4n) is 2.82. The van der Waals surface area contributed by atoms with Crippen LogP contribution in [0, 0.1) is 0 Å². The molecule has 0 unspecified atom stereocenters. The quantitative estimate of drug-likeness (QED) is 0.161. The van der Waals surface area contributed by atoms with Crippen LogP contribution in [0.25, 0.3) is 21.5 Å². The van der Waals surface area contributed by atoms with Gasteiger partial charge >= 0.3 is 5.97 Å². The summed E-state index contributed by atoms with van der Waals surface area (Å²) >= 11 is 6.90. The van der Waals surface area contributed by atoms with E-state index in [0.717, 1.165) is 18.3 Å². The van der Waals surface area contributed by atoms with Crippen molar-refractivity contribution in [2.24, 2.45) is 10.2 Å². The Kier molecular flexibility index (Phi) is 8.29. The van der Waals surface area contributed by atoms with Crippen LogP contribution < -0.4 is 5.43 Å². The number of azo groups is 1. The third-order valence-corrected chi connectivity index (χ3v) is 5.46. The number of ether oxygens (including phenoxy) is 1. The first-order chi connectivity index (χ1) is 16.7. The summed E-state index contributed by atoms with van der Waals surface area (Å²) in [5.41, 5.74) is 0.450. The molecule has 12 heteroatoms. The van der Waals surface area contributed by atoms with Gasteiger partial charge in [-0.2, -0.15) is 10.2 Å². The number of nitrogens with zero attached hydrogens (tertiary/aromatic N) is 4. The van der Waals surface area contributed by atoms with E-state index in [1.165, 1.54) is 10.6 Å². The predicted octanol–water partition coefficient (Wildman–Crippen LogP) is 5.23. The van der Waals surface area contributed by atoms with E-state index in [-0.39, 0.29) is 17.0 Å². The van der Waals surface area contributed by atoms with Gasteiger partial charge in [-0.05, 0) is 43.3 Å². The average molecular weight is 515 g/mol. The van der Waals surface area contributed by atoms with Crippen molar-refractivity contribution >= 4 is 62.1 Å². The van der Waals surface area contributed by atoms with Crippen molar-refractivity contribution in [1.29, 1.82) is 0 Å². The molecule has 0 bridgehead atoms. The Hall–Kier alpha value is -4.09. The Morgan fingerprint density at radius 3 is 2.46 bits per heavy atom. The van der Waals surface area contributed by atoms with Gasteiger partial charge in [0.1, 0.15) is 4.83 Å². The molecule has 35 heavy (non-hydrogen) atoms. The Balaban J connectivity index is 0.000000795. The van der Waals surface area contributed by atoms with Crippen LogP contribution >= 0.6 is 22.9 Å². The molecule has 2 aromatic carbocycles. The second-order valence-corrected chi connectivity index (χ2v) is 8.24. The van der Waals surface area contributed by atoms with E-state index in [4.69, 9.17) is 26.2 Å². The van der Waals surface area contributed by atoms with Crippen LogP contribution in [0.4, 0.5) is 5.69 Å². The molecular formula is C23H19ClN4O6S. The predicted molar refractivity (Wildman–Crippen MR) is 132 cm³/mol. The lowest BCUT2D eigenvalue weighted by atomic mass is 10.2. The number of rotatable bonds is 5. The van der Waals surface area contributed by atoms with Gasteiger partial charge in [0.05, 0.1) is 17.8 Å². The number of halogens is 1. The number of aliphatic hydroxyl groups is 1. The van der Waals surface area contributed by atoms with Crippen molar-refractivity contribution in [2.75, 3.05) is 6.61 Å². The number of fused-ring (bicyclic) bond motifs is 3. The molecule has 0 saturated heterocycles. The Bertz CT molecular complexity index is 1500. The zero-order valence-electron chi connectivity index (χ0n) is 18.5. The minimum atomic E-state index is -0.851. The van der Waals surface area contributed by atoms with Gasteiger partial charge in [-0.25, -0.2) is 9.31 Å². The SMILES string of the molecule is CC(=O)O.CCOC(=O)/C(N=Nc1ccc(Cl)cc1)=C(\O)c1nn2c(cc(=O)c3ccccc32)s1. The smallest absolute Gasteiger partial charge is 0.362 e. The molecule has 180 valence electrons. The topological polar surface area (TPSA) is 143 Å². The van der Waals surface area contributed by atoms with Crippen LogP contribution in [-0.4, -0.2) is 38.4 Å². The largest absolute Gasteiger partial charge is 0.503 e. The number of hydrogen-bond donors (Lipinski definition) is 2. The molecule has 4 aromatic rings. The van der Waals surface area contributed by atoms with E-state index in [2.05, 4.69) is 15.3 Å². The van der Waals surface area contributed by atoms with E-state index in [1.54, 1.807) is 55.5 Å². The highest BCUT2D eigenvalue weighted by molar-refractivity contribution is 7.18. The summed E-state index contributed by atoms with van der Waals surface area (Å²) in [6.07, 6.45) is 0. The zero-order valence-corrected chi connectivity index (χ0v) is 20.1.